The maximum atomic E-state index is 13.2. The topological polar surface area (TPSA) is 81.1 Å². The molecule has 2 aromatic rings. The zero-order valence-corrected chi connectivity index (χ0v) is 11.4. The minimum Gasteiger partial charge on any atom is -0.398 e. The van der Waals surface area contributed by atoms with E-state index in [0.717, 1.165) is 0 Å². The number of nitrogen functional groups attached to an aromatic ring is 1. The van der Waals surface area contributed by atoms with Crippen LogP contribution in [-0.4, -0.2) is 5.91 Å². The maximum absolute atomic E-state index is 13.2. The van der Waals surface area contributed by atoms with Crippen molar-refractivity contribution in [3.8, 4) is 0 Å². The smallest absolute Gasteiger partial charge is 0.250 e. The van der Waals surface area contributed by atoms with Crippen molar-refractivity contribution < 1.29 is 9.18 Å². The molecular formula is C13H11BrFN3O. The molecule has 4 nitrogen and oxygen atoms in total. The second-order valence-electron chi connectivity index (χ2n) is 3.92. The molecule has 2 aromatic carbocycles. The molecule has 0 saturated heterocycles. The van der Waals surface area contributed by atoms with Gasteiger partial charge < -0.3 is 16.8 Å². The van der Waals surface area contributed by atoms with Crippen molar-refractivity contribution in [2.45, 2.75) is 0 Å². The molecule has 0 aliphatic rings. The summed E-state index contributed by atoms with van der Waals surface area (Å²) in [6.45, 7) is 0. The van der Waals surface area contributed by atoms with E-state index >= 15 is 0 Å². The van der Waals surface area contributed by atoms with Gasteiger partial charge >= 0.3 is 0 Å². The Morgan fingerprint density at radius 2 is 1.95 bits per heavy atom. The number of hydrogen-bond acceptors (Lipinski definition) is 3. The number of rotatable bonds is 3. The Morgan fingerprint density at radius 1 is 1.21 bits per heavy atom. The van der Waals surface area contributed by atoms with Crippen LogP contribution in [-0.2, 0) is 0 Å². The van der Waals surface area contributed by atoms with Crippen LogP contribution < -0.4 is 16.8 Å². The number of hydrogen-bond donors (Lipinski definition) is 3. The fraction of sp³-hybridized carbons (Fsp3) is 0. The third kappa shape index (κ3) is 3.03. The third-order valence-corrected chi connectivity index (χ3v) is 3.22. The summed E-state index contributed by atoms with van der Waals surface area (Å²) in [5.74, 6) is -0.976. The van der Waals surface area contributed by atoms with Crippen LogP contribution in [0.2, 0.25) is 0 Å². The van der Waals surface area contributed by atoms with Crippen LogP contribution in [0.15, 0.2) is 40.9 Å². The second-order valence-corrected chi connectivity index (χ2v) is 4.77. The number of nitrogens with one attached hydrogen (secondary N) is 1. The number of amides is 1. The van der Waals surface area contributed by atoms with Gasteiger partial charge in [0.15, 0.2) is 0 Å². The van der Waals surface area contributed by atoms with E-state index in [1.807, 2.05) is 0 Å². The van der Waals surface area contributed by atoms with E-state index < -0.39 is 5.91 Å². The summed E-state index contributed by atoms with van der Waals surface area (Å²) in [6.07, 6.45) is 0. The molecular weight excluding hydrogens is 313 g/mol. The first-order chi connectivity index (χ1) is 8.97. The van der Waals surface area contributed by atoms with Crippen LogP contribution in [0, 0.1) is 5.82 Å². The number of primary amides is 1. The highest BCUT2D eigenvalue weighted by Gasteiger charge is 2.08. The maximum Gasteiger partial charge on any atom is 0.250 e. The first kappa shape index (κ1) is 13.4. The third-order valence-electron chi connectivity index (χ3n) is 2.53. The van der Waals surface area contributed by atoms with Gasteiger partial charge in [0, 0.05) is 15.8 Å². The number of carbonyl (C=O) groups is 1. The summed E-state index contributed by atoms with van der Waals surface area (Å²) in [5, 5.41) is 2.99. The van der Waals surface area contributed by atoms with E-state index in [1.165, 1.54) is 18.2 Å². The Balaban J connectivity index is 2.36. The van der Waals surface area contributed by atoms with Crippen LogP contribution in [0.4, 0.5) is 21.5 Å². The van der Waals surface area contributed by atoms with E-state index in [0.29, 0.717) is 21.5 Å². The standard InChI is InChI=1S/C13H11BrFN3O/c14-10-3-1-7(15)5-12(10)18-8-2-4-11(16)9(6-8)13(17)19/h1-6,18H,16H2,(H2,17,19). The van der Waals surface area contributed by atoms with Gasteiger partial charge in [-0.15, -0.1) is 0 Å². The van der Waals surface area contributed by atoms with Crippen LogP contribution in [0.1, 0.15) is 10.4 Å². The molecule has 98 valence electrons. The highest BCUT2D eigenvalue weighted by molar-refractivity contribution is 9.10. The van der Waals surface area contributed by atoms with Crippen LogP contribution >= 0.6 is 15.9 Å². The van der Waals surface area contributed by atoms with Crippen LogP contribution in [0.5, 0.6) is 0 Å². The van der Waals surface area contributed by atoms with Crippen molar-refractivity contribution in [1.82, 2.24) is 0 Å². The van der Waals surface area contributed by atoms with Gasteiger partial charge in [-0.2, -0.15) is 0 Å². The van der Waals surface area contributed by atoms with Gasteiger partial charge in [0.2, 0.25) is 0 Å². The molecule has 19 heavy (non-hydrogen) atoms. The summed E-state index contributed by atoms with van der Waals surface area (Å²) in [7, 11) is 0. The van der Waals surface area contributed by atoms with Gasteiger partial charge in [-0.3, -0.25) is 4.79 Å². The van der Waals surface area contributed by atoms with Crippen molar-refractivity contribution in [3.05, 3.63) is 52.3 Å². The van der Waals surface area contributed by atoms with Gasteiger partial charge in [0.05, 0.1) is 11.3 Å². The summed E-state index contributed by atoms with van der Waals surface area (Å²) < 4.78 is 13.9. The summed E-state index contributed by atoms with van der Waals surface area (Å²) in [6, 6.07) is 9.03. The first-order valence-electron chi connectivity index (χ1n) is 5.39. The lowest BCUT2D eigenvalue weighted by atomic mass is 10.1. The molecule has 6 heteroatoms. The average molecular weight is 324 g/mol. The lowest BCUT2D eigenvalue weighted by Crippen LogP contribution is -2.13. The van der Waals surface area contributed by atoms with E-state index in [1.54, 1.807) is 18.2 Å². The highest BCUT2D eigenvalue weighted by Crippen LogP contribution is 2.28. The summed E-state index contributed by atoms with van der Waals surface area (Å²) in [5.41, 5.74) is 12.5. The zero-order chi connectivity index (χ0) is 14.0. The SMILES string of the molecule is NC(=O)c1cc(Nc2cc(F)ccc2Br)ccc1N. The molecule has 0 spiro atoms. The van der Waals surface area contributed by atoms with Crippen molar-refractivity contribution in [1.29, 1.82) is 0 Å². The monoisotopic (exact) mass is 323 g/mol. The van der Waals surface area contributed by atoms with Gasteiger partial charge in [-0.05, 0) is 52.3 Å². The predicted octanol–water partition coefficient (Wildman–Crippen LogP) is 3.01. The largest absolute Gasteiger partial charge is 0.398 e. The van der Waals surface area contributed by atoms with E-state index in [2.05, 4.69) is 21.2 Å². The normalized spacial score (nSPS) is 10.2. The fourth-order valence-electron chi connectivity index (χ4n) is 1.60. The highest BCUT2D eigenvalue weighted by atomic mass is 79.9. The quantitative estimate of drug-likeness (QED) is 0.759. The van der Waals surface area contributed by atoms with Gasteiger partial charge in [-0.25, -0.2) is 4.39 Å². The molecule has 0 aromatic heterocycles. The lowest BCUT2D eigenvalue weighted by Gasteiger charge is -2.10. The molecule has 0 saturated carbocycles. The van der Waals surface area contributed by atoms with Gasteiger partial charge in [-0.1, -0.05) is 0 Å². The number of carbonyl (C=O) groups excluding carboxylic acids is 1. The fourth-order valence-corrected chi connectivity index (χ4v) is 1.94. The molecule has 0 aliphatic heterocycles. The molecule has 0 radical (unpaired) electrons. The van der Waals surface area contributed by atoms with Gasteiger partial charge in [0.25, 0.3) is 5.91 Å². The average Bonchev–Trinajstić information content (AvgIpc) is 2.36. The predicted molar refractivity (Wildman–Crippen MR) is 76.8 cm³/mol. The minimum atomic E-state index is -0.612. The molecule has 0 aliphatic carbocycles. The number of anilines is 3. The van der Waals surface area contributed by atoms with Crippen LogP contribution in [0.25, 0.3) is 0 Å². The summed E-state index contributed by atoms with van der Waals surface area (Å²) >= 11 is 3.30. The zero-order valence-electron chi connectivity index (χ0n) is 9.78. The van der Waals surface area contributed by atoms with Crippen molar-refractivity contribution >= 4 is 38.9 Å². The Hall–Kier alpha value is -2.08. The lowest BCUT2D eigenvalue weighted by molar-refractivity contribution is 0.100. The number of benzene rings is 2. The molecule has 0 bridgehead atoms. The van der Waals surface area contributed by atoms with E-state index in [9.17, 15) is 9.18 Å². The Bertz CT molecular complexity index is 646. The van der Waals surface area contributed by atoms with E-state index in [4.69, 9.17) is 11.5 Å². The number of halogens is 2. The summed E-state index contributed by atoms with van der Waals surface area (Å²) in [4.78, 5) is 11.2. The molecule has 1 amide bonds. The molecule has 2 rings (SSSR count). The molecule has 0 atom stereocenters. The molecule has 5 N–H and O–H groups in total. The van der Waals surface area contributed by atoms with Crippen molar-refractivity contribution in [2.75, 3.05) is 11.1 Å². The number of nitrogens with two attached hydrogens (primary N) is 2. The second kappa shape index (κ2) is 5.27. The Labute approximate surface area is 117 Å². The van der Waals surface area contributed by atoms with Crippen LogP contribution in [0.3, 0.4) is 0 Å². The van der Waals surface area contributed by atoms with E-state index in [-0.39, 0.29) is 11.4 Å². The van der Waals surface area contributed by atoms with Crippen molar-refractivity contribution in [2.24, 2.45) is 5.73 Å². The van der Waals surface area contributed by atoms with Crippen molar-refractivity contribution in [3.63, 3.8) is 0 Å². The Morgan fingerprint density at radius 3 is 2.63 bits per heavy atom. The molecule has 0 heterocycles. The Kier molecular flexibility index (Phi) is 3.71. The minimum absolute atomic E-state index is 0.220. The molecule has 0 fully saturated rings. The molecule has 0 unspecified atom stereocenters. The van der Waals surface area contributed by atoms with Gasteiger partial charge in [0.1, 0.15) is 5.82 Å². The first-order valence-corrected chi connectivity index (χ1v) is 6.18.